The molecular weight excluding hydrogens is 476 g/mol. The van der Waals surface area contributed by atoms with E-state index in [0.29, 0.717) is 5.75 Å². The van der Waals surface area contributed by atoms with Crippen LogP contribution in [0.5, 0.6) is 11.6 Å². The van der Waals surface area contributed by atoms with Crippen molar-refractivity contribution in [2.45, 2.75) is 31.7 Å². The van der Waals surface area contributed by atoms with Crippen LogP contribution in [0.3, 0.4) is 0 Å². The number of hydrogen-bond donors (Lipinski definition) is 5. The van der Waals surface area contributed by atoms with Crippen LogP contribution in [0.4, 0.5) is 10.5 Å². The molecule has 36 heavy (non-hydrogen) atoms. The summed E-state index contributed by atoms with van der Waals surface area (Å²) in [6, 6.07) is 5.68. The van der Waals surface area contributed by atoms with Crippen molar-refractivity contribution in [3.63, 3.8) is 0 Å². The van der Waals surface area contributed by atoms with E-state index in [1.54, 1.807) is 6.07 Å². The Kier molecular flexibility index (Phi) is 6.82. The number of guanidine groups is 1. The van der Waals surface area contributed by atoms with Crippen LogP contribution in [0.1, 0.15) is 12.5 Å². The molecule has 1 aromatic heterocycles. The summed E-state index contributed by atoms with van der Waals surface area (Å²) in [6.07, 6.45) is -1.27. The number of benzene rings is 1. The Morgan fingerprint density at radius 1 is 1.19 bits per heavy atom. The number of H-pyrrole nitrogens is 2. The number of ether oxygens (including phenoxy) is 1. The Morgan fingerprint density at radius 2 is 1.97 bits per heavy atom. The molecule has 2 aliphatic heterocycles. The van der Waals surface area contributed by atoms with Crippen molar-refractivity contribution in [1.29, 1.82) is 0 Å². The third-order valence-corrected chi connectivity index (χ3v) is 5.63. The number of azo groups is 1. The number of imide groups is 1. The molecule has 1 saturated heterocycles. The Hall–Kier alpha value is -4.53. The van der Waals surface area contributed by atoms with Gasteiger partial charge in [0.1, 0.15) is 18.5 Å². The predicted octanol–water partition coefficient (Wildman–Crippen LogP) is -0.597. The maximum absolute atomic E-state index is 12.6. The van der Waals surface area contributed by atoms with Gasteiger partial charge >= 0.3 is 11.7 Å². The number of aliphatic imine (C=N–C) groups is 1. The monoisotopic (exact) mass is 500 g/mol. The number of fused-ring (bicyclic) bond motifs is 1. The van der Waals surface area contributed by atoms with Crippen molar-refractivity contribution < 1.29 is 24.5 Å². The van der Waals surface area contributed by atoms with Gasteiger partial charge in [0.15, 0.2) is 12.2 Å². The predicted molar refractivity (Wildman–Crippen MR) is 124 cm³/mol. The molecule has 0 radical (unpaired) electrons. The lowest BCUT2D eigenvalue weighted by Crippen LogP contribution is -2.64. The zero-order chi connectivity index (χ0) is 26.0. The van der Waals surface area contributed by atoms with Gasteiger partial charge in [-0.15, -0.1) is 10.2 Å². The third kappa shape index (κ3) is 4.95. The van der Waals surface area contributed by atoms with Gasteiger partial charge in [0.05, 0.1) is 6.54 Å². The highest BCUT2D eigenvalue weighted by molar-refractivity contribution is 6.03. The molecule has 4 rings (SSSR count). The number of carbonyl (C=O) groups excluding carboxylic acids is 2. The molecule has 0 aliphatic carbocycles. The summed E-state index contributed by atoms with van der Waals surface area (Å²) in [7, 11) is 1.43. The Bertz CT molecular complexity index is 1350. The van der Waals surface area contributed by atoms with Crippen molar-refractivity contribution in [2.24, 2.45) is 15.2 Å². The minimum Gasteiger partial charge on any atom is -0.493 e. The van der Waals surface area contributed by atoms with Gasteiger partial charge in [-0.2, -0.15) is 0 Å². The molecule has 2 aromatic rings. The van der Waals surface area contributed by atoms with Gasteiger partial charge < -0.3 is 24.7 Å². The topological polar surface area (TPSA) is 205 Å². The minimum absolute atomic E-state index is 0.123. The standard InChI is InChI=1S/C21H24N8O7/c1-3-10-5-4-6-12(7-10)36-9-11(30)8-29-14-15(28(2)21(35)25-18(14)33)22-19(29)27-26-13-16(31)23-20(34)24-17(13)32/h4-7,11,14-15,30H,3,8-9H2,1-2H3,(H,25,33,35)(H3,23,24,31,32,34). The van der Waals surface area contributed by atoms with Crippen LogP contribution in [-0.4, -0.2) is 86.4 Å². The van der Waals surface area contributed by atoms with E-state index in [9.17, 15) is 29.4 Å². The van der Waals surface area contributed by atoms with Crippen molar-refractivity contribution in [3.8, 4) is 11.6 Å². The van der Waals surface area contributed by atoms with Crippen LogP contribution in [0.2, 0.25) is 0 Å². The number of hydrogen-bond acceptors (Lipinski definition) is 11. The number of aliphatic hydroxyl groups is 1. The molecule has 5 N–H and O–H groups in total. The molecule has 1 aromatic carbocycles. The van der Waals surface area contributed by atoms with Gasteiger partial charge in [-0.05, 0) is 24.1 Å². The molecule has 0 spiro atoms. The molecule has 1 fully saturated rings. The quantitative estimate of drug-likeness (QED) is 0.310. The molecule has 190 valence electrons. The number of nitrogens with zero attached hydrogens (tertiary/aromatic N) is 5. The van der Waals surface area contributed by atoms with E-state index in [1.807, 2.05) is 35.1 Å². The second kappa shape index (κ2) is 9.99. The second-order valence-corrected chi connectivity index (χ2v) is 8.12. The lowest BCUT2D eigenvalue weighted by Gasteiger charge is -2.36. The molecule has 15 nitrogen and oxygen atoms in total. The van der Waals surface area contributed by atoms with Gasteiger partial charge in [-0.3, -0.25) is 24.9 Å². The Morgan fingerprint density at radius 3 is 2.69 bits per heavy atom. The van der Waals surface area contributed by atoms with Crippen LogP contribution in [0.15, 0.2) is 49.1 Å². The van der Waals surface area contributed by atoms with Crippen molar-refractivity contribution in [2.75, 3.05) is 20.2 Å². The highest BCUT2D eigenvalue weighted by atomic mass is 16.5. The maximum atomic E-state index is 12.6. The van der Waals surface area contributed by atoms with Crippen LogP contribution in [0, 0.1) is 0 Å². The first kappa shape index (κ1) is 24.6. The summed E-state index contributed by atoms with van der Waals surface area (Å²) in [5.74, 6) is -1.10. The van der Waals surface area contributed by atoms with E-state index in [-0.39, 0.29) is 19.1 Å². The summed E-state index contributed by atoms with van der Waals surface area (Å²) in [5.41, 5.74) is -1.48. The van der Waals surface area contributed by atoms with Gasteiger partial charge in [0.25, 0.3) is 11.5 Å². The van der Waals surface area contributed by atoms with Crippen LogP contribution < -0.4 is 21.3 Å². The first-order valence-electron chi connectivity index (χ1n) is 11.0. The maximum Gasteiger partial charge on any atom is 0.328 e. The lowest BCUT2D eigenvalue weighted by molar-refractivity contribution is -0.127. The zero-order valence-electron chi connectivity index (χ0n) is 19.3. The number of aromatic amines is 2. The summed E-state index contributed by atoms with van der Waals surface area (Å²) >= 11 is 0. The van der Waals surface area contributed by atoms with Crippen molar-refractivity contribution in [1.82, 2.24) is 25.1 Å². The molecule has 3 unspecified atom stereocenters. The first-order valence-corrected chi connectivity index (χ1v) is 11.0. The third-order valence-electron chi connectivity index (χ3n) is 5.63. The van der Waals surface area contributed by atoms with Crippen LogP contribution in [-0.2, 0) is 11.2 Å². The number of amides is 3. The number of nitrogens with one attached hydrogen (secondary N) is 3. The number of aromatic hydroxyl groups is 1. The van der Waals surface area contributed by atoms with Gasteiger partial charge in [-0.25, -0.2) is 14.6 Å². The molecule has 15 heteroatoms. The molecular formula is C21H24N8O7. The highest BCUT2D eigenvalue weighted by Crippen LogP contribution is 2.26. The van der Waals surface area contributed by atoms with E-state index in [1.165, 1.54) is 16.8 Å². The number of likely N-dealkylation sites (N-methyl/N-ethyl adjacent to an activating group) is 1. The zero-order valence-corrected chi connectivity index (χ0v) is 19.3. The average Bonchev–Trinajstić information content (AvgIpc) is 3.19. The number of aryl methyl sites for hydroxylation is 1. The highest BCUT2D eigenvalue weighted by Gasteiger charge is 2.49. The normalized spacial score (nSPS) is 20.4. The molecule has 3 atom stereocenters. The number of β-amino-alcohol motifs (C(OH)–C–C–N with tert-alkyl or cyclic N) is 1. The number of carbonyl (C=O) groups is 2. The molecule has 0 bridgehead atoms. The first-order chi connectivity index (χ1) is 17.2. The Labute approximate surface area is 203 Å². The van der Waals surface area contributed by atoms with E-state index in [4.69, 9.17) is 4.74 Å². The SMILES string of the molecule is CCc1cccc(OCC(O)CN2C(N=Nc3c(O)[nH]c(=O)[nH]c3=O)=NC3C2C(=O)NC(=O)N3C)c1. The molecule has 2 aliphatic rings. The van der Waals surface area contributed by atoms with Gasteiger partial charge in [-0.1, -0.05) is 19.1 Å². The van der Waals surface area contributed by atoms with Crippen LogP contribution >= 0.6 is 0 Å². The van der Waals surface area contributed by atoms with Crippen molar-refractivity contribution >= 4 is 23.6 Å². The summed E-state index contributed by atoms with van der Waals surface area (Å²) < 4.78 is 5.68. The number of rotatable bonds is 7. The fourth-order valence-corrected chi connectivity index (χ4v) is 3.77. The fourth-order valence-electron chi connectivity index (χ4n) is 3.77. The molecule has 0 saturated carbocycles. The second-order valence-electron chi connectivity index (χ2n) is 8.12. The number of aliphatic hydroxyl groups excluding tert-OH is 1. The lowest BCUT2D eigenvalue weighted by atomic mass is 10.1. The summed E-state index contributed by atoms with van der Waals surface area (Å²) in [4.78, 5) is 58.6. The number of aromatic nitrogens is 2. The minimum atomic E-state index is -1.12. The van der Waals surface area contributed by atoms with Gasteiger partial charge in [0.2, 0.25) is 17.5 Å². The van der Waals surface area contributed by atoms with E-state index in [2.05, 4.69) is 20.5 Å². The van der Waals surface area contributed by atoms with E-state index in [0.717, 1.165) is 12.0 Å². The molecule has 3 heterocycles. The summed E-state index contributed by atoms with van der Waals surface area (Å²) in [6.45, 7) is 1.70. The van der Waals surface area contributed by atoms with Crippen LogP contribution in [0.25, 0.3) is 0 Å². The van der Waals surface area contributed by atoms with Crippen molar-refractivity contribution in [3.05, 3.63) is 50.7 Å². The van der Waals surface area contributed by atoms with E-state index < -0.39 is 53.1 Å². The number of urea groups is 1. The average molecular weight is 500 g/mol. The fraction of sp³-hybridized carbons (Fsp3) is 0.381. The van der Waals surface area contributed by atoms with Gasteiger partial charge in [0, 0.05) is 7.05 Å². The molecule has 3 amide bonds. The van der Waals surface area contributed by atoms with E-state index >= 15 is 0 Å². The smallest absolute Gasteiger partial charge is 0.328 e. The summed E-state index contributed by atoms with van der Waals surface area (Å²) in [5, 5.41) is 30.3. The largest absolute Gasteiger partial charge is 0.493 e. The Balaban J connectivity index is 1.57.